The Morgan fingerprint density at radius 2 is 1.50 bits per heavy atom. The van der Waals surface area contributed by atoms with Crippen LogP contribution in [0, 0.1) is 0 Å². The van der Waals surface area contributed by atoms with Gasteiger partial charge in [-0.3, -0.25) is 4.98 Å². The molecule has 2 unspecified atom stereocenters. The molecule has 0 spiro atoms. The molecule has 0 bridgehead atoms. The van der Waals surface area contributed by atoms with Crippen molar-refractivity contribution in [2.75, 3.05) is 0 Å². The van der Waals surface area contributed by atoms with E-state index < -0.39 is 0 Å². The van der Waals surface area contributed by atoms with Gasteiger partial charge >= 0.3 is 0 Å². The first kappa shape index (κ1) is 15.0. The van der Waals surface area contributed by atoms with Gasteiger partial charge in [-0.25, -0.2) is 9.97 Å². The summed E-state index contributed by atoms with van der Waals surface area (Å²) in [6.07, 6.45) is 10.2. The fraction of sp³-hybridized carbons (Fsp3) is 0.286. The monoisotopic (exact) mass is 315 g/mol. The molecule has 0 aliphatic heterocycles. The molecule has 1 aromatic carbocycles. The van der Waals surface area contributed by atoms with Gasteiger partial charge in [0.05, 0.1) is 11.1 Å². The van der Waals surface area contributed by atoms with Crippen molar-refractivity contribution in [2.45, 2.75) is 37.0 Å². The van der Waals surface area contributed by atoms with Gasteiger partial charge < -0.3 is 0 Å². The number of aromatic nitrogens is 3. The normalized spacial score (nSPS) is 23.8. The van der Waals surface area contributed by atoms with Crippen LogP contribution in [0.2, 0.25) is 0 Å². The Morgan fingerprint density at radius 3 is 2.25 bits per heavy atom. The van der Waals surface area contributed by atoms with E-state index in [1.807, 2.05) is 30.7 Å². The average Bonchev–Trinajstić information content (AvgIpc) is 2.70. The van der Waals surface area contributed by atoms with Gasteiger partial charge in [0.1, 0.15) is 5.82 Å². The van der Waals surface area contributed by atoms with Crippen LogP contribution in [-0.2, 0) is 5.41 Å². The molecular weight excluding hydrogens is 294 g/mol. The van der Waals surface area contributed by atoms with Crippen LogP contribution in [0.3, 0.4) is 0 Å². The molecule has 2 aromatic heterocycles. The van der Waals surface area contributed by atoms with Crippen molar-refractivity contribution in [2.24, 2.45) is 0 Å². The molecule has 1 fully saturated rings. The third-order valence-electron chi connectivity index (χ3n) is 5.20. The summed E-state index contributed by atoms with van der Waals surface area (Å²) >= 11 is 0. The summed E-state index contributed by atoms with van der Waals surface area (Å²) in [5.41, 5.74) is 2.20. The summed E-state index contributed by atoms with van der Waals surface area (Å²) in [6, 6.07) is 18.9. The second-order valence-electron chi connectivity index (χ2n) is 6.47. The van der Waals surface area contributed by atoms with E-state index in [-0.39, 0.29) is 5.41 Å². The van der Waals surface area contributed by atoms with E-state index in [2.05, 4.69) is 52.4 Å². The van der Waals surface area contributed by atoms with E-state index in [0.717, 1.165) is 24.4 Å². The standard InChI is InChI=1S/C21H21N3/c1-2-9-17(10-3-1)18-11-4-6-13-21(18,19-12-5-7-14-22-19)20-23-15-8-16-24-20/h1-3,5,7-10,12,14-16,18H,4,6,11,13H2. The SMILES string of the molecule is c1ccc(C2CCCCC2(c2ccccn2)c2ncccn2)cc1. The number of hydrogen-bond acceptors (Lipinski definition) is 3. The van der Waals surface area contributed by atoms with E-state index in [1.54, 1.807) is 0 Å². The number of hydrogen-bond donors (Lipinski definition) is 0. The predicted molar refractivity (Wildman–Crippen MR) is 94.7 cm³/mol. The molecule has 120 valence electrons. The summed E-state index contributed by atoms with van der Waals surface area (Å²) in [4.78, 5) is 14.1. The fourth-order valence-electron chi connectivity index (χ4n) is 4.15. The van der Waals surface area contributed by atoms with Gasteiger partial charge in [0, 0.05) is 24.5 Å². The summed E-state index contributed by atoms with van der Waals surface area (Å²) in [7, 11) is 0. The quantitative estimate of drug-likeness (QED) is 0.713. The largest absolute Gasteiger partial charge is 0.260 e. The molecule has 0 saturated heterocycles. The van der Waals surface area contributed by atoms with Crippen LogP contribution in [0.1, 0.15) is 48.7 Å². The van der Waals surface area contributed by atoms with Crippen molar-refractivity contribution >= 4 is 0 Å². The molecule has 4 rings (SSSR count). The topological polar surface area (TPSA) is 38.7 Å². The van der Waals surface area contributed by atoms with E-state index in [4.69, 9.17) is 4.98 Å². The smallest absolute Gasteiger partial charge is 0.140 e. The third kappa shape index (κ3) is 2.50. The Morgan fingerprint density at radius 1 is 0.750 bits per heavy atom. The van der Waals surface area contributed by atoms with E-state index in [1.165, 1.54) is 18.4 Å². The van der Waals surface area contributed by atoms with Crippen LogP contribution < -0.4 is 0 Å². The lowest BCUT2D eigenvalue weighted by atomic mass is 9.61. The fourth-order valence-corrected chi connectivity index (χ4v) is 4.15. The van der Waals surface area contributed by atoms with Crippen molar-refractivity contribution < 1.29 is 0 Å². The summed E-state index contributed by atoms with van der Waals surface area (Å²) < 4.78 is 0. The van der Waals surface area contributed by atoms with Crippen LogP contribution >= 0.6 is 0 Å². The predicted octanol–water partition coefficient (Wildman–Crippen LogP) is 4.52. The van der Waals surface area contributed by atoms with Gasteiger partial charge in [0.2, 0.25) is 0 Å². The summed E-state index contributed by atoms with van der Waals surface area (Å²) in [6.45, 7) is 0. The first-order valence-corrected chi connectivity index (χ1v) is 8.65. The molecule has 1 aliphatic carbocycles. The Bertz CT molecular complexity index is 732. The molecule has 1 aliphatic rings. The molecule has 3 heteroatoms. The highest BCUT2D eigenvalue weighted by Gasteiger charge is 2.47. The maximum absolute atomic E-state index is 4.75. The second-order valence-corrected chi connectivity index (χ2v) is 6.47. The minimum Gasteiger partial charge on any atom is -0.260 e. The Balaban J connectivity index is 1.94. The second kappa shape index (κ2) is 6.52. The summed E-state index contributed by atoms with van der Waals surface area (Å²) in [5.74, 6) is 1.25. The zero-order chi connectivity index (χ0) is 16.2. The highest BCUT2D eigenvalue weighted by molar-refractivity contribution is 5.37. The molecule has 0 N–H and O–H groups in total. The average molecular weight is 315 g/mol. The maximum atomic E-state index is 4.75. The lowest BCUT2D eigenvalue weighted by Crippen LogP contribution is -2.40. The van der Waals surface area contributed by atoms with Crippen LogP contribution in [-0.4, -0.2) is 15.0 Å². The van der Waals surface area contributed by atoms with E-state index in [9.17, 15) is 0 Å². The zero-order valence-electron chi connectivity index (χ0n) is 13.7. The Labute approximate surface area is 142 Å². The van der Waals surface area contributed by atoms with Crippen molar-refractivity contribution in [3.8, 4) is 0 Å². The van der Waals surface area contributed by atoms with Crippen LogP contribution in [0.5, 0.6) is 0 Å². The Hall–Kier alpha value is -2.55. The van der Waals surface area contributed by atoms with Crippen molar-refractivity contribution in [1.29, 1.82) is 0 Å². The molecule has 0 amide bonds. The van der Waals surface area contributed by atoms with Crippen molar-refractivity contribution in [3.05, 3.63) is 90.3 Å². The summed E-state index contributed by atoms with van der Waals surface area (Å²) in [5, 5.41) is 0. The van der Waals surface area contributed by atoms with Gasteiger partial charge in [-0.15, -0.1) is 0 Å². The Kier molecular flexibility index (Phi) is 4.08. The first-order chi connectivity index (χ1) is 11.9. The van der Waals surface area contributed by atoms with E-state index >= 15 is 0 Å². The molecule has 24 heavy (non-hydrogen) atoms. The van der Waals surface area contributed by atoms with Gasteiger partial charge in [-0.1, -0.05) is 49.2 Å². The van der Waals surface area contributed by atoms with E-state index in [0.29, 0.717) is 5.92 Å². The van der Waals surface area contributed by atoms with Crippen LogP contribution in [0.15, 0.2) is 73.2 Å². The lowest BCUT2D eigenvalue weighted by molar-refractivity contribution is 0.275. The minimum atomic E-state index is -0.248. The molecule has 0 radical (unpaired) electrons. The van der Waals surface area contributed by atoms with Gasteiger partial charge in [-0.2, -0.15) is 0 Å². The molecular formula is C21H21N3. The molecule has 1 saturated carbocycles. The van der Waals surface area contributed by atoms with Gasteiger partial charge in [0.25, 0.3) is 0 Å². The molecule has 2 atom stereocenters. The van der Waals surface area contributed by atoms with Crippen LogP contribution in [0.4, 0.5) is 0 Å². The number of nitrogens with zero attached hydrogens (tertiary/aromatic N) is 3. The highest BCUT2D eigenvalue weighted by Crippen LogP contribution is 2.51. The number of benzene rings is 1. The first-order valence-electron chi connectivity index (χ1n) is 8.65. The highest BCUT2D eigenvalue weighted by atomic mass is 14.9. The molecule has 2 heterocycles. The van der Waals surface area contributed by atoms with Gasteiger partial charge in [0.15, 0.2) is 0 Å². The minimum absolute atomic E-state index is 0.248. The number of rotatable bonds is 3. The zero-order valence-corrected chi connectivity index (χ0v) is 13.7. The third-order valence-corrected chi connectivity index (χ3v) is 5.20. The lowest BCUT2D eigenvalue weighted by Gasteiger charge is -2.43. The van der Waals surface area contributed by atoms with Crippen LogP contribution in [0.25, 0.3) is 0 Å². The van der Waals surface area contributed by atoms with Crippen molar-refractivity contribution in [3.63, 3.8) is 0 Å². The van der Waals surface area contributed by atoms with Gasteiger partial charge in [-0.05, 0) is 36.6 Å². The van der Waals surface area contributed by atoms with Crippen molar-refractivity contribution in [1.82, 2.24) is 15.0 Å². The maximum Gasteiger partial charge on any atom is 0.140 e. The molecule has 3 aromatic rings. The molecule has 3 nitrogen and oxygen atoms in total. The number of pyridine rings is 1.